The number of thiophene rings is 1. The van der Waals surface area contributed by atoms with Gasteiger partial charge in [-0.2, -0.15) is 0 Å². The van der Waals surface area contributed by atoms with E-state index in [2.05, 4.69) is 66.3 Å². The third-order valence-corrected chi connectivity index (χ3v) is 4.67. The Kier molecular flexibility index (Phi) is 4.59. The predicted octanol–water partition coefficient (Wildman–Crippen LogP) is 4.44. The van der Waals surface area contributed by atoms with Gasteiger partial charge in [0.1, 0.15) is 5.82 Å². The van der Waals surface area contributed by atoms with E-state index in [-0.39, 0.29) is 0 Å². The molecule has 0 bridgehead atoms. The second-order valence-electron chi connectivity index (χ2n) is 3.71. The third kappa shape index (κ3) is 3.30. The van der Waals surface area contributed by atoms with Crippen molar-refractivity contribution in [3.8, 4) is 0 Å². The van der Waals surface area contributed by atoms with Gasteiger partial charge in [-0.3, -0.25) is 0 Å². The molecule has 2 nitrogen and oxygen atoms in total. The van der Waals surface area contributed by atoms with Crippen LogP contribution in [-0.2, 0) is 11.9 Å². The Morgan fingerprint density at radius 2 is 2.29 bits per heavy atom. The Labute approximate surface area is 122 Å². The van der Waals surface area contributed by atoms with Gasteiger partial charge in [-0.25, -0.2) is 4.98 Å². The van der Waals surface area contributed by atoms with Crippen molar-refractivity contribution in [1.29, 1.82) is 0 Å². The molecule has 0 aliphatic rings. The van der Waals surface area contributed by atoms with Gasteiger partial charge in [0.15, 0.2) is 0 Å². The summed E-state index contributed by atoms with van der Waals surface area (Å²) in [4.78, 5) is 7.94. The van der Waals surface area contributed by atoms with Crippen LogP contribution in [0.2, 0.25) is 0 Å². The second kappa shape index (κ2) is 5.98. The lowest BCUT2D eigenvalue weighted by molar-refractivity contribution is 0.903. The molecule has 2 rings (SSSR count). The Morgan fingerprint density at radius 1 is 1.47 bits per heavy atom. The zero-order valence-corrected chi connectivity index (χ0v) is 13.3. The average Bonchev–Trinajstić information content (AvgIpc) is 2.74. The van der Waals surface area contributed by atoms with Crippen molar-refractivity contribution < 1.29 is 0 Å². The summed E-state index contributed by atoms with van der Waals surface area (Å²) in [5.41, 5.74) is 1.21. The topological polar surface area (TPSA) is 16.1 Å². The van der Waals surface area contributed by atoms with Gasteiger partial charge in [0.2, 0.25) is 0 Å². The largest absolute Gasteiger partial charge is 0.354 e. The highest BCUT2D eigenvalue weighted by Gasteiger charge is 2.09. The number of hydrogen-bond donors (Lipinski definition) is 0. The fraction of sp³-hybridized carbons (Fsp3) is 0.250. The third-order valence-electron chi connectivity index (χ3n) is 2.39. The van der Waals surface area contributed by atoms with Crippen molar-refractivity contribution in [3.05, 3.63) is 44.7 Å². The van der Waals surface area contributed by atoms with E-state index in [0.717, 1.165) is 22.2 Å². The first-order chi connectivity index (χ1) is 8.20. The fourth-order valence-electron chi connectivity index (χ4n) is 1.62. The Balaban J connectivity index is 2.16. The van der Waals surface area contributed by atoms with E-state index < -0.39 is 0 Å². The molecule has 0 saturated carbocycles. The van der Waals surface area contributed by atoms with Crippen molar-refractivity contribution in [2.45, 2.75) is 11.9 Å². The number of anilines is 1. The summed E-state index contributed by atoms with van der Waals surface area (Å²) in [6.07, 6.45) is 1.84. The minimum atomic E-state index is 0.828. The van der Waals surface area contributed by atoms with Crippen LogP contribution in [0, 0.1) is 0 Å². The van der Waals surface area contributed by atoms with Crippen LogP contribution >= 0.6 is 43.2 Å². The van der Waals surface area contributed by atoms with Crippen LogP contribution in [0.3, 0.4) is 0 Å². The van der Waals surface area contributed by atoms with Gasteiger partial charge in [-0.15, -0.1) is 11.3 Å². The summed E-state index contributed by atoms with van der Waals surface area (Å²) in [6, 6.07) is 6.21. The number of hydrogen-bond acceptors (Lipinski definition) is 3. The molecule has 0 radical (unpaired) electrons. The van der Waals surface area contributed by atoms with Crippen LogP contribution < -0.4 is 4.90 Å². The average molecular weight is 376 g/mol. The molecule has 2 aromatic heterocycles. The first kappa shape index (κ1) is 13.1. The van der Waals surface area contributed by atoms with Crippen LogP contribution in [0.25, 0.3) is 0 Å². The molecule has 0 saturated heterocycles. The fourth-order valence-corrected chi connectivity index (χ4v) is 3.56. The maximum atomic E-state index is 4.44. The maximum absolute atomic E-state index is 4.44. The van der Waals surface area contributed by atoms with E-state index in [0.29, 0.717) is 0 Å². The first-order valence-electron chi connectivity index (χ1n) is 5.14. The molecule has 0 fully saturated rings. The molecular weight excluding hydrogens is 364 g/mol. The van der Waals surface area contributed by atoms with Gasteiger partial charge in [-0.1, -0.05) is 22.0 Å². The second-order valence-corrected chi connectivity index (χ2v) is 6.18. The Morgan fingerprint density at radius 3 is 2.94 bits per heavy atom. The number of pyridine rings is 1. The van der Waals surface area contributed by atoms with Crippen LogP contribution in [0.15, 0.2) is 34.2 Å². The summed E-state index contributed by atoms with van der Waals surface area (Å²) in [7, 11) is 2.07. The SMILES string of the molecule is CN(Cc1cc(Br)cs1)c1ncccc1CBr. The van der Waals surface area contributed by atoms with Crippen LogP contribution in [0.1, 0.15) is 10.4 Å². The summed E-state index contributed by atoms with van der Waals surface area (Å²) in [5.74, 6) is 1.04. The van der Waals surface area contributed by atoms with E-state index in [1.54, 1.807) is 11.3 Å². The van der Waals surface area contributed by atoms with Crippen molar-refractivity contribution in [2.75, 3.05) is 11.9 Å². The standard InChI is InChI=1S/C12H12Br2N2S/c1-16(7-11-5-10(14)8-17-11)12-9(6-13)3-2-4-15-12/h2-5,8H,6-7H2,1H3. The molecular formula is C12H12Br2N2S. The molecule has 0 aromatic carbocycles. The normalized spacial score (nSPS) is 10.5. The first-order valence-corrected chi connectivity index (χ1v) is 7.94. The van der Waals surface area contributed by atoms with E-state index in [1.807, 2.05) is 12.3 Å². The molecule has 90 valence electrons. The van der Waals surface area contributed by atoms with E-state index in [9.17, 15) is 0 Å². The molecule has 0 N–H and O–H groups in total. The van der Waals surface area contributed by atoms with Gasteiger partial charge < -0.3 is 4.90 Å². The van der Waals surface area contributed by atoms with Crippen LogP contribution in [-0.4, -0.2) is 12.0 Å². The zero-order chi connectivity index (χ0) is 12.3. The predicted molar refractivity (Wildman–Crippen MR) is 81.0 cm³/mol. The van der Waals surface area contributed by atoms with E-state index >= 15 is 0 Å². The molecule has 0 aliphatic heterocycles. The molecule has 2 aromatic rings. The lowest BCUT2D eigenvalue weighted by atomic mass is 10.2. The Hall–Kier alpha value is -0.390. The van der Waals surface area contributed by atoms with E-state index in [4.69, 9.17) is 0 Å². The zero-order valence-electron chi connectivity index (χ0n) is 9.36. The molecule has 17 heavy (non-hydrogen) atoms. The van der Waals surface area contributed by atoms with Gasteiger partial charge in [0, 0.05) is 38.9 Å². The number of aromatic nitrogens is 1. The van der Waals surface area contributed by atoms with Gasteiger partial charge in [0.05, 0.1) is 6.54 Å². The smallest absolute Gasteiger partial charge is 0.132 e. The molecule has 0 spiro atoms. The number of rotatable bonds is 4. The quantitative estimate of drug-likeness (QED) is 0.734. The summed E-state index contributed by atoms with van der Waals surface area (Å²) >= 11 is 8.73. The van der Waals surface area contributed by atoms with E-state index in [1.165, 1.54) is 10.4 Å². The van der Waals surface area contributed by atoms with Gasteiger partial charge in [-0.05, 0) is 28.1 Å². The minimum absolute atomic E-state index is 0.828. The maximum Gasteiger partial charge on any atom is 0.132 e. The van der Waals surface area contributed by atoms with Crippen LogP contribution in [0.4, 0.5) is 5.82 Å². The molecule has 0 atom stereocenters. The van der Waals surface area contributed by atoms with Gasteiger partial charge in [0.25, 0.3) is 0 Å². The molecule has 0 amide bonds. The lowest BCUT2D eigenvalue weighted by Crippen LogP contribution is -2.18. The lowest BCUT2D eigenvalue weighted by Gasteiger charge is -2.19. The highest BCUT2D eigenvalue weighted by atomic mass is 79.9. The van der Waals surface area contributed by atoms with Crippen molar-refractivity contribution in [2.24, 2.45) is 0 Å². The van der Waals surface area contributed by atoms with Gasteiger partial charge >= 0.3 is 0 Å². The minimum Gasteiger partial charge on any atom is -0.354 e. The van der Waals surface area contributed by atoms with Crippen molar-refractivity contribution in [1.82, 2.24) is 4.98 Å². The van der Waals surface area contributed by atoms with Crippen molar-refractivity contribution in [3.63, 3.8) is 0 Å². The number of halogens is 2. The highest BCUT2D eigenvalue weighted by molar-refractivity contribution is 9.10. The summed E-state index contributed by atoms with van der Waals surface area (Å²) < 4.78 is 1.15. The van der Waals surface area contributed by atoms with Crippen molar-refractivity contribution >= 4 is 49.0 Å². The monoisotopic (exact) mass is 374 g/mol. The molecule has 0 aliphatic carbocycles. The molecule has 2 heterocycles. The Bertz CT molecular complexity index is 499. The highest BCUT2D eigenvalue weighted by Crippen LogP contribution is 2.24. The molecule has 0 unspecified atom stereocenters. The summed E-state index contributed by atoms with van der Waals surface area (Å²) in [6.45, 7) is 0.882. The summed E-state index contributed by atoms with van der Waals surface area (Å²) in [5, 5.41) is 2.93. The van der Waals surface area contributed by atoms with Crippen LogP contribution in [0.5, 0.6) is 0 Å². The number of nitrogens with zero attached hydrogens (tertiary/aromatic N) is 2. The number of alkyl halides is 1. The molecule has 5 heteroatoms.